The van der Waals surface area contributed by atoms with Gasteiger partial charge in [0.2, 0.25) is 0 Å². The van der Waals surface area contributed by atoms with Gasteiger partial charge in [-0.15, -0.1) is 0 Å². The smallest absolute Gasteiger partial charge is 0.325 e. The van der Waals surface area contributed by atoms with Gasteiger partial charge in [-0.1, -0.05) is 6.92 Å². The van der Waals surface area contributed by atoms with Crippen LogP contribution in [-0.4, -0.2) is 56.6 Å². The van der Waals surface area contributed by atoms with Gasteiger partial charge in [-0.3, -0.25) is 9.59 Å². The molecular formula is C13H17N5O3. The third kappa shape index (κ3) is 2.83. The van der Waals surface area contributed by atoms with Crippen LogP contribution in [0.3, 0.4) is 0 Å². The number of carbonyl (C=O) groups excluding carboxylic acids is 2. The van der Waals surface area contributed by atoms with Crippen molar-refractivity contribution in [2.24, 2.45) is 0 Å². The highest BCUT2D eigenvalue weighted by Gasteiger charge is 2.22. The Hall–Kier alpha value is -2.51. The van der Waals surface area contributed by atoms with Crippen LogP contribution >= 0.6 is 0 Å². The van der Waals surface area contributed by atoms with E-state index >= 15 is 0 Å². The summed E-state index contributed by atoms with van der Waals surface area (Å²) in [6.07, 6.45) is 3.46. The first-order chi connectivity index (χ1) is 10.1. The molecule has 0 saturated carbocycles. The molecule has 8 heteroatoms. The van der Waals surface area contributed by atoms with Gasteiger partial charge in [0.15, 0.2) is 0 Å². The summed E-state index contributed by atoms with van der Waals surface area (Å²) < 4.78 is 6.15. The lowest BCUT2D eigenvalue weighted by Crippen LogP contribution is -2.37. The van der Waals surface area contributed by atoms with E-state index in [4.69, 9.17) is 0 Å². The normalized spacial score (nSPS) is 10.6. The molecule has 2 heterocycles. The second-order valence-electron chi connectivity index (χ2n) is 4.34. The van der Waals surface area contributed by atoms with Crippen LogP contribution in [0.1, 0.15) is 29.9 Å². The molecule has 0 saturated heterocycles. The summed E-state index contributed by atoms with van der Waals surface area (Å²) in [6.45, 7) is 4.02. The predicted octanol–water partition coefficient (Wildman–Crippen LogP) is 0.322. The second kappa shape index (κ2) is 6.29. The number of fused-ring (bicyclic) bond motifs is 1. The van der Waals surface area contributed by atoms with E-state index in [-0.39, 0.29) is 12.5 Å². The number of nitrogens with zero attached hydrogens (tertiary/aromatic N) is 5. The second-order valence-corrected chi connectivity index (χ2v) is 4.34. The minimum absolute atomic E-state index is 0.0929. The summed E-state index contributed by atoms with van der Waals surface area (Å²) in [5.74, 6) is -0.290. The van der Waals surface area contributed by atoms with Crippen LogP contribution in [0, 0.1) is 0 Å². The zero-order chi connectivity index (χ0) is 15.4. The minimum atomic E-state index is -0.460. The lowest BCUT2D eigenvalue weighted by atomic mass is 10.1. The molecular weight excluding hydrogens is 274 g/mol. The topological polar surface area (TPSA) is 89.7 Å². The van der Waals surface area contributed by atoms with Crippen molar-refractivity contribution in [1.29, 1.82) is 0 Å². The van der Waals surface area contributed by atoms with E-state index in [1.54, 1.807) is 11.4 Å². The molecule has 0 fully saturated rings. The van der Waals surface area contributed by atoms with Crippen molar-refractivity contribution < 1.29 is 14.3 Å². The van der Waals surface area contributed by atoms with E-state index in [0.717, 1.165) is 0 Å². The lowest BCUT2D eigenvalue weighted by molar-refractivity contribution is -0.141. The van der Waals surface area contributed by atoms with Gasteiger partial charge < -0.3 is 9.64 Å². The van der Waals surface area contributed by atoms with Gasteiger partial charge in [-0.05, 0) is 13.3 Å². The van der Waals surface area contributed by atoms with E-state index in [9.17, 15) is 9.59 Å². The molecule has 0 aliphatic carbocycles. The van der Waals surface area contributed by atoms with Crippen LogP contribution in [-0.2, 0) is 16.0 Å². The molecule has 0 aliphatic heterocycles. The number of aryl methyl sites for hydroxylation is 1. The van der Waals surface area contributed by atoms with E-state index in [1.165, 1.54) is 24.5 Å². The molecule has 0 spiro atoms. The van der Waals surface area contributed by atoms with Crippen molar-refractivity contribution >= 4 is 17.7 Å². The van der Waals surface area contributed by atoms with Crippen LogP contribution < -0.4 is 0 Å². The molecule has 112 valence electrons. The Kier molecular flexibility index (Phi) is 4.46. The van der Waals surface area contributed by atoms with Gasteiger partial charge in [0, 0.05) is 12.7 Å². The number of hydrogen-bond donors (Lipinski definition) is 0. The Morgan fingerprint density at radius 3 is 2.71 bits per heavy atom. The van der Waals surface area contributed by atoms with Crippen LogP contribution in [0.5, 0.6) is 0 Å². The van der Waals surface area contributed by atoms with Crippen LogP contribution in [0.15, 0.2) is 12.5 Å². The third-order valence-electron chi connectivity index (χ3n) is 3.19. The fraction of sp³-hybridized carbons (Fsp3) is 0.462. The number of esters is 1. The number of aromatic nitrogens is 4. The number of hydrogen-bond acceptors (Lipinski definition) is 6. The fourth-order valence-corrected chi connectivity index (χ4v) is 2.06. The number of likely N-dealkylation sites (N-methyl/N-ethyl adjacent to an activating group) is 1. The predicted molar refractivity (Wildman–Crippen MR) is 73.8 cm³/mol. The van der Waals surface area contributed by atoms with Crippen molar-refractivity contribution in [3.8, 4) is 0 Å². The highest BCUT2D eigenvalue weighted by Crippen LogP contribution is 2.12. The number of amides is 1. The van der Waals surface area contributed by atoms with Crippen LogP contribution in [0.2, 0.25) is 0 Å². The summed E-state index contributed by atoms with van der Waals surface area (Å²) in [7, 11) is 1.29. The minimum Gasteiger partial charge on any atom is -0.468 e. The van der Waals surface area contributed by atoms with Gasteiger partial charge in [0.1, 0.15) is 12.9 Å². The first-order valence-electron chi connectivity index (χ1n) is 6.66. The monoisotopic (exact) mass is 291 g/mol. The Morgan fingerprint density at radius 1 is 1.33 bits per heavy atom. The van der Waals surface area contributed by atoms with Crippen molar-refractivity contribution in [2.75, 3.05) is 20.2 Å². The molecule has 8 nitrogen and oxygen atoms in total. The molecule has 2 rings (SSSR count). The maximum Gasteiger partial charge on any atom is 0.325 e. The molecule has 0 N–H and O–H groups in total. The lowest BCUT2D eigenvalue weighted by Gasteiger charge is -2.20. The molecule has 0 bridgehead atoms. The molecule has 1 amide bonds. The third-order valence-corrected chi connectivity index (χ3v) is 3.19. The molecule has 2 aromatic rings. The number of methoxy groups -OCH3 is 1. The summed E-state index contributed by atoms with van der Waals surface area (Å²) in [5.41, 5.74) is 1.13. The molecule has 0 aromatic carbocycles. The van der Waals surface area contributed by atoms with Gasteiger partial charge in [0.05, 0.1) is 18.4 Å². The Morgan fingerprint density at radius 2 is 2.10 bits per heavy atom. The molecule has 0 unspecified atom stereocenters. The number of ether oxygens (including phenoxy) is 1. The van der Waals surface area contributed by atoms with Crippen molar-refractivity contribution in [3.05, 3.63) is 23.8 Å². The molecule has 2 aromatic heterocycles. The van der Waals surface area contributed by atoms with E-state index in [2.05, 4.69) is 19.8 Å². The molecule has 0 aliphatic rings. The maximum absolute atomic E-state index is 12.6. The van der Waals surface area contributed by atoms with Gasteiger partial charge in [-0.2, -0.15) is 10.1 Å². The summed E-state index contributed by atoms with van der Waals surface area (Å²) in [6, 6.07) is 0. The standard InChI is InChI=1S/C13H17N5O3/c1-4-10-9(6-14-13-15-8-16-18(10)13)12(20)17(5-2)7-11(19)21-3/h6,8H,4-5,7H2,1-3H3. The summed E-state index contributed by atoms with van der Waals surface area (Å²) >= 11 is 0. The SMILES string of the molecule is CCc1c(C(=O)N(CC)CC(=O)OC)cnc2ncnn12. The Labute approximate surface area is 121 Å². The van der Waals surface area contributed by atoms with Gasteiger partial charge in [0.25, 0.3) is 11.7 Å². The van der Waals surface area contributed by atoms with E-state index in [0.29, 0.717) is 30.0 Å². The van der Waals surface area contributed by atoms with Crippen molar-refractivity contribution in [3.63, 3.8) is 0 Å². The van der Waals surface area contributed by atoms with E-state index in [1.807, 2.05) is 6.92 Å². The molecule has 0 atom stereocenters. The number of rotatable bonds is 5. The Balaban J connectivity index is 2.39. The first kappa shape index (κ1) is 14.9. The zero-order valence-electron chi connectivity index (χ0n) is 12.2. The quantitative estimate of drug-likeness (QED) is 0.737. The molecule has 21 heavy (non-hydrogen) atoms. The average Bonchev–Trinajstić information content (AvgIpc) is 2.99. The van der Waals surface area contributed by atoms with E-state index < -0.39 is 5.97 Å². The van der Waals surface area contributed by atoms with Crippen molar-refractivity contribution in [2.45, 2.75) is 20.3 Å². The van der Waals surface area contributed by atoms with Gasteiger partial charge >= 0.3 is 5.97 Å². The first-order valence-corrected chi connectivity index (χ1v) is 6.66. The fourth-order valence-electron chi connectivity index (χ4n) is 2.06. The van der Waals surface area contributed by atoms with Gasteiger partial charge in [-0.25, -0.2) is 9.50 Å². The van der Waals surface area contributed by atoms with Crippen LogP contribution in [0.25, 0.3) is 5.78 Å². The van der Waals surface area contributed by atoms with Crippen molar-refractivity contribution in [1.82, 2.24) is 24.5 Å². The zero-order valence-corrected chi connectivity index (χ0v) is 12.2. The summed E-state index contributed by atoms with van der Waals surface area (Å²) in [4.78, 5) is 33.5. The maximum atomic E-state index is 12.6. The number of carbonyl (C=O) groups is 2. The summed E-state index contributed by atoms with van der Waals surface area (Å²) in [5, 5.41) is 4.08. The highest BCUT2D eigenvalue weighted by atomic mass is 16.5. The highest BCUT2D eigenvalue weighted by molar-refractivity contribution is 5.96. The molecule has 0 radical (unpaired) electrons. The van der Waals surface area contributed by atoms with Crippen LogP contribution in [0.4, 0.5) is 0 Å². The largest absolute Gasteiger partial charge is 0.468 e. The average molecular weight is 291 g/mol. The Bertz CT molecular complexity index is 667.